The van der Waals surface area contributed by atoms with E-state index in [0.29, 0.717) is 5.92 Å². The second-order valence-corrected chi connectivity index (χ2v) is 4.92. The summed E-state index contributed by atoms with van der Waals surface area (Å²) in [6.45, 7) is 2.08. The second kappa shape index (κ2) is 5.21. The Morgan fingerprint density at radius 1 is 1.29 bits per heavy atom. The predicted octanol–water partition coefficient (Wildman–Crippen LogP) is 3.29. The molecule has 0 bridgehead atoms. The van der Waals surface area contributed by atoms with Gasteiger partial charge in [0.05, 0.1) is 0 Å². The molecular formula is C14H19NO2. The van der Waals surface area contributed by atoms with Crippen LogP contribution in [0.2, 0.25) is 0 Å². The average Bonchev–Trinajstić information content (AvgIpc) is 2.29. The normalized spacial score (nSPS) is 24.3. The fraction of sp³-hybridized carbons (Fsp3) is 0.500. The molecule has 0 aliphatic heterocycles. The lowest BCUT2D eigenvalue weighted by atomic mass is 9.81. The first-order chi connectivity index (χ1) is 8.15. The maximum Gasteiger partial charge on any atom is 0.404 e. The van der Waals surface area contributed by atoms with Gasteiger partial charge in [-0.15, -0.1) is 0 Å². The van der Waals surface area contributed by atoms with Crippen LogP contribution in [0, 0.1) is 6.92 Å². The molecule has 1 aliphatic rings. The summed E-state index contributed by atoms with van der Waals surface area (Å²) in [5, 5.41) is 11.4. The molecule has 2 rings (SSSR count). The van der Waals surface area contributed by atoms with Crippen molar-refractivity contribution in [1.82, 2.24) is 5.32 Å². The highest BCUT2D eigenvalue weighted by molar-refractivity contribution is 5.64. The fourth-order valence-corrected chi connectivity index (χ4v) is 2.64. The molecule has 1 saturated carbocycles. The van der Waals surface area contributed by atoms with Gasteiger partial charge in [0.2, 0.25) is 0 Å². The topological polar surface area (TPSA) is 49.3 Å². The zero-order valence-electron chi connectivity index (χ0n) is 10.1. The van der Waals surface area contributed by atoms with E-state index in [-0.39, 0.29) is 6.04 Å². The molecule has 17 heavy (non-hydrogen) atoms. The first-order valence-electron chi connectivity index (χ1n) is 6.21. The molecule has 2 N–H and O–H groups in total. The lowest BCUT2D eigenvalue weighted by Gasteiger charge is -2.29. The Morgan fingerprint density at radius 3 is 2.65 bits per heavy atom. The van der Waals surface area contributed by atoms with Crippen LogP contribution in [0.1, 0.15) is 42.7 Å². The Kier molecular flexibility index (Phi) is 3.67. The van der Waals surface area contributed by atoms with Crippen LogP contribution in [0.25, 0.3) is 0 Å². The Labute approximate surface area is 102 Å². The van der Waals surface area contributed by atoms with Gasteiger partial charge < -0.3 is 10.4 Å². The minimum Gasteiger partial charge on any atom is -0.465 e. The third-order valence-corrected chi connectivity index (χ3v) is 3.55. The van der Waals surface area contributed by atoms with Crippen LogP contribution >= 0.6 is 0 Å². The molecule has 0 heterocycles. The number of hydrogen-bond donors (Lipinski definition) is 2. The van der Waals surface area contributed by atoms with Gasteiger partial charge in [-0.05, 0) is 37.7 Å². The number of carbonyl (C=O) groups is 1. The molecule has 1 aliphatic carbocycles. The first-order valence-corrected chi connectivity index (χ1v) is 6.21. The zero-order valence-corrected chi connectivity index (χ0v) is 10.1. The molecule has 0 spiro atoms. The summed E-state index contributed by atoms with van der Waals surface area (Å²) in [6.07, 6.45) is 3.26. The number of benzene rings is 1. The van der Waals surface area contributed by atoms with E-state index in [0.717, 1.165) is 19.3 Å². The van der Waals surface area contributed by atoms with Crippen molar-refractivity contribution in [3.8, 4) is 0 Å². The summed E-state index contributed by atoms with van der Waals surface area (Å²) in [6, 6.07) is 8.71. The number of nitrogens with one attached hydrogen (secondary N) is 1. The van der Waals surface area contributed by atoms with E-state index in [9.17, 15) is 4.79 Å². The molecular weight excluding hydrogens is 214 g/mol. The SMILES string of the molecule is Cc1ccc(C2CCCC(NC(=O)O)C2)cc1. The molecule has 0 saturated heterocycles. The summed E-state index contributed by atoms with van der Waals surface area (Å²) >= 11 is 0. The summed E-state index contributed by atoms with van der Waals surface area (Å²) in [7, 11) is 0. The molecule has 0 radical (unpaired) electrons. The number of aryl methyl sites for hydroxylation is 1. The maximum absolute atomic E-state index is 10.6. The van der Waals surface area contributed by atoms with Crippen LogP contribution in [0.3, 0.4) is 0 Å². The fourth-order valence-electron chi connectivity index (χ4n) is 2.64. The Hall–Kier alpha value is -1.51. The Morgan fingerprint density at radius 2 is 2.00 bits per heavy atom. The highest BCUT2D eigenvalue weighted by Gasteiger charge is 2.24. The van der Waals surface area contributed by atoms with Crippen molar-refractivity contribution < 1.29 is 9.90 Å². The van der Waals surface area contributed by atoms with Gasteiger partial charge in [-0.2, -0.15) is 0 Å². The lowest BCUT2D eigenvalue weighted by Crippen LogP contribution is -2.36. The molecule has 1 aromatic rings. The van der Waals surface area contributed by atoms with Gasteiger partial charge >= 0.3 is 6.09 Å². The highest BCUT2D eigenvalue weighted by Crippen LogP contribution is 2.32. The van der Waals surface area contributed by atoms with Gasteiger partial charge in [0.25, 0.3) is 0 Å². The van der Waals surface area contributed by atoms with Crippen molar-refractivity contribution in [2.45, 2.75) is 44.6 Å². The van der Waals surface area contributed by atoms with Gasteiger partial charge in [0.1, 0.15) is 0 Å². The monoisotopic (exact) mass is 233 g/mol. The lowest BCUT2D eigenvalue weighted by molar-refractivity contribution is 0.184. The smallest absolute Gasteiger partial charge is 0.404 e. The van der Waals surface area contributed by atoms with Gasteiger partial charge in [0, 0.05) is 6.04 Å². The summed E-state index contributed by atoms with van der Waals surface area (Å²) in [5.41, 5.74) is 2.61. The van der Waals surface area contributed by atoms with E-state index >= 15 is 0 Å². The third-order valence-electron chi connectivity index (χ3n) is 3.55. The van der Waals surface area contributed by atoms with Crippen LogP contribution in [-0.2, 0) is 0 Å². The number of rotatable bonds is 2. The zero-order chi connectivity index (χ0) is 12.3. The Bertz CT molecular complexity index is 386. The molecule has 2 atom stereocenters. The van der Waals surface area contributed by atoms with E-state index in [1.54, 1.807) is 0 Å². The minimum atomic E-state index is -0.903. The van der Waals surface area contributed by atoms with E-state index in [1.807, 2.05) is 0 Å². The summed E-state index contributed by atoms with van der Waals surface area (Å²) < 4.78 is 0. The van der Waals surface area contributed by atoms with Gasteiger partial charge in [-0.3, -0.25) is 0 Å². The second-order valence-electron chi connectivity index (χ2n) is 4.92. The maximum atomic E-state index is 10.6. The van der Waals surface area contributed by atoms with Crippen molar-refractivity contribution >= 4 is 6.09 Å². The largest absolute Gasteiger partial charge is 0.465 e. The third kappa shape index (κ3) is 3.22. The van der Waals surface area contributed by atoms with Crippen molar-refractivity contribution in [3.63, 3.8) is 0 Å². The van der Waals surface area contributed by atoms with Crippen LogP contribution in [0.5, 0.6) is 0 Å². The molecule has 0 aromatic heterocycles. The molecule has 3 heteroatoms. The van der Waals surface area contributed by atoms with Crippen molar-refractivity contribution in [1.29, 1.82) is 0 Å². The molecule has 2 unspecified atom stereocenters. The van der Waals surface area contributed by atoms with Crippen molar-refractivity contribution in [2.75, 3.05) is 0 Å². The first kappa shape index (κ1) is 12.0. The number of hydrogen-bond acceptors (Lipinski definition) is 1. The highest BCUT2D eigenvalue weighted by atomic mass is 16.4. The quantitative estimate of drug-likeness (QED) is 0.823. The van der Waals surface area contributed by atoms with Crippen LogP contribution in [0.15, 0.2) is 24.3 Å². The Balaban J connectivity index is 2.01. The standard InChI is InChI=1S/C14H19NO2/c1-10-5-7-11(8-6-10)12-3-2-4-13(9-12)15-14(16)17/h5-8,12-13,15H,2-4,9H2,1H3,(H,16,17). The molecule has 92 valence electrons. The molecule has 3 nitrogen and oxygen atoms in total. The van der Waals surface area contributed by atoms with Crippen molar-refractivity contribution in [2.24, 2.45) is 0 Å². The van der Waals surface area contributed by atoms with Gasteiger partial charge in [-0.1, -0.05) is 36.2 Å². The van der Waals surface area contributed by atoms with E-state index in [4.69, 9.17) is 5.11 Å². The van der Waals surface area contributed by atoms with Crippen LogP contribution in [0.4, 0.5) is 4.79 Å². The van der Waals surface area contributed by atoms with Gasteiger partial charge in [-0.25, -0.2) is 4.79 Å². The minimum absolute atomic E-state index is 0.118. The molecule has 1 aromatic carbocycles. The van der Waals surface area contributed by atoms with Gasteiger partial charge in [0.15, 0.2) is 0 Å². The predicted molar refractivity (Wildman–Crippen MR) is 67.3 cm³/mol. The number of amides is 1. The average molecular weight is 233 g/mol. The van der Waals surface area contributed by atoms with Crippen LogP contribution in [-0.4, -0.2) is 17.2 Å². The molecule has 1 fully saturated rings. The van der Waals surface area contributed by atoms with E-state index in [2.05, 4.69) is 36.5 Å². The van der Waals surface area contributed by atoms with Crippen molar-refractivity contribution in [3.05, 3.63) is 35.4 Å². The van der Waals surface area contributed by atoms with E-state index in [1.165, 1.54) is 17.5 Å². The summed E-state index contributed by atoms with van der Waals surface area (Å²) in [4.78, 5) is 10.6. The number of carboxylic acid groups (broad SMARTS) is 1. The van der Waals surface area contributed by atoms with E-state index < -0.39 is 6.09 Å². The van der Waals surface area contributed by atoms with Crippen LogP contribution < -0.4 is 5.32 Å². The molecule has 1 amide bonds. The summed E-state index contributed by atoms with van der Waals surface area (Å²) in [5.74, 6) is 0.501.